The van der Waals surface area contributed by atoms with Crippen LogP contribution in [-0.4, -0.2) is 12.1 Å². The van der Waals surface area contributed by atoms with Crippen molar-refractivity contribution in [1.29, 1.82) is 0 Å². The van der Waals surface area contributed by atoms with Crippen molar-refractivity contribution in [3.05, 3.63) is 0 Å². The molecule has 0 N–H and O–H groups in total. The number of rotatable bonds is 1. The zero-order chi connectivity index (χ0) is 3.41. The molecule has 0 bridgehead atoms. The summed E-state index contributed by atoms with van der Waals surface area (Å²) in [6.45, 7) is 0. The van der Waals surface area contributed by atoms with E-state index < -0.39 is 0 Å². The molecular formula is B2S2. The first kappa shape index (κ1) is 4.57. The minimum absolute atomic E-state index is 1.40. The Kier molecular flexibility index (Phi) is 4.08. The van der Waals surface area contributed by atoms with Gasteiger partial charge in [0.2, 0.25) is 0 Å². The van der Waals surface area contributed by atoms with Gasteiger partial charge in [-0.2, -0.15) is 0 Å². The second-order valence-corrected chi connectivity index (χ2v) is 0.816. The van der Waals surface area contributed by atoms with Crippen LogP contribution in [0.1, 0.15) is 0 Å². The van der Waals surface area contributed by atoms with Gasteiger partial charge in [-0.25, -0.2) is 0 Å². The molecule has 0 spiro atoms. The van der Waals surface area contributed by atoms with E-state index >= 15 is 0 Å². The molecule has 0 fully saturated rings. The van der Waals surface area contributed by atoms with Crippen LogP contribution in [0.4, 0.5) is 0 Å². The Morgan fingerprint density at radius 1 is 1.00 bits per heavy atom. The maximum atomic E-state index is 4.27. The Balaban J connectivity index is 2.73. The molecule has 0 aliphatic heterocycles. The van der Waals surface area contributed by atoms with Crippen LogP contribution in [0.15, 0.2) is 0 Å². The van der Waals surface area contributed by atoms with Crippen LogP contribution in [0, 0.1) is 0 Å². The SMILES string of the molecule is S=BB=S. The zero-order valence-electron chi connectivity index (χ0n) is 1.97. The number of hydrogen-bond acceptors (Lipinski definition) is 2. The summed E-state index contributed by atoms with van der Waals surface area (Å²) in [6, 6.07) is 2.80. The van der Waals surface area contributed by atoms with Crippen molar-refractivity contribution in [3.63, 3.8) is 0 Å². The van der Waals surface area contributed by atoms with E-state index in [1.807, 2.05) is 0 Å². The summed E-state index contributed by atoms with van der Waals surface area (Å²) in [6.07, 6.45) is 0. The molecule has 0 radical (unpaired) electrons. The quantitative estimate of drug-likeness (QED) is 0.427. The van der Waals surface area contributed by atoms with Crippen molar-refractivity contribution < 1.29 is 0 Å². The van der Waals surface area contributed by atoms with E-state index in [2.05, 4.69) is 24.1 Å². The first-order valence-electron chi connectivity index (χ1n) is 0.805. The average Bonchev–Trinajstić information content (AvgIpc) is 1.37. The maximum absolute atomic E-state index is 4.27. The minimum atomic E-state index is 1.40. The first-order valence-corrected chi connectivity index (χ1v) is 1.75. The van der Waals surface area contributed by atoms with Crippen molar-refractivity contribution in [2.24, 2.45) is 0 Å². The van der Waals surface area contributed by atoms with Crippen molar-refractivity contribution in [2.45, 2.75) is 0 Å². The van der Waals surface area contributed by atoms with E-state index in [9.17, 15) is 0 Å². The van der Waals surface area contributed by atoms with Crippen LogP contribution >= 0.6 is 24.1 Å². The molecule has 0 rings (SSSR count). The van der Waals surface area contributed by atoms with Gasteiger partial charge in [0.15, 0.2) is 0 Å². The summed E-state index contributed by atoms with van der Waals surface area (Å²) >= 11 is 8.54. The molecule has 0 heterocycles. The molecular weight excluding hydrogens is 85.8 g/mol. The monoisotopic (exact) mass is 86.0 g/mol. The van der Waals surface area contributed by atoms with Gasteiger partial charge in [-0.3, -0.25) is 0 Å². The molecule has 0 saturated carbocycles. The Bertz CT molecular complexity index is 25.0. The molecule has 0 aromatic rings. The average molecular weight is 85.8 g/mol. The molecule has 0 aromatic heterocycles. The molecule has 18 valence electrons. The van der Waals surface area contributed by atoms with Gasteiger partial charge in [0.05, 0.1) is 0 Å². The molecule has 0 atom stereocenters. The van der Waals surface area contributed by atoms with Crippen molar-refractivity contribution in [1.82, 2.24) is 0 Å². The fourth-order valence-electron chi connectivity index (χ4n) is 0. The third-order valence-corrected chi connectivity index (χ3v) is 0.500. The van der Waals surface area contributed by atoms with Crippen LogP contribution < -0.4 is 0 Å². The van der Waals surface area contributed by atoms with Gasteiger partial charge in [0, 0.05) is 0 Å². The van der Waals surface area contributed by atoms with E-state index in [1.54, 1.807) is 0 Å². The summed E-state index contributed by atoms with van der Waals surface area (Å²) in [4.78, 5) is 0. The normalized spacial score (nSPS) is 3.00. The van der Waals surface area contributed by atoms with Gasteiger partial charge in [0.25, 0.3) is 0 Å². The van der Waals surface area contributed by atoms with E-state index in [4.69, 9.17) is 0 Å². The predicted molar refractivity (Wildman–Crippen MR) is 26.7 cm³/mol. The molecule has 0 saturated heterocycles. The van der Waals surface area contributed by atoms with Crippen molar-refractivity contribution in [2.75, 3.05) is 0 Å². The third kappa shape index (κ3) is 2.57. The van der Waals surface area contributed by atoms with Gasteiger partial charge in [-0.15, -0.1) is 0 Å². The van der Waals surface area contributed by atoms with Gasteiger partial charge >= 0.3 is 36.2 Å². The van der Waals surface area contributed by atoms with Crippen LogP contribution in [0.2, 0.25) is 0 Å². The predicted octanol–water partition coefficient (Wildman–Crippen LogP) is 0.535. The van der Waals surface area contributed by atoms with Crippen molar-refractivity contribution >= 4 is 36.2 Å². The fraction of sp³-hybridized carbons (Fsp3) is 0. The molecule has 4 heteroatoms. The fourth-order valence-corrected chi connectivity index (χ4v) is 0. The summed E-state index contributed by atoms with van der Waals surface area (Å²) < 4.78 is 0. The molecule has 0 unspecified atom stereocenters. The molecule has 0 aromatic carbocycles. The molecule has 0 aliphatic carbocycles. The van der Waals surface area contributed by atoms with Gasteiger partial charge < -0.3 is 0 Å². The first-order chi connectivity index (χ1) is 1.91. The van der Waals surface area contributed by atoms with E-state index in [0.29, 0.717) is 0 Å². The Hall–Kier alpha value is 0.570. The summed E-state index contributed by atoms with van der Waals surface area (Å²) in [5.74, 6) is 0. The van der Waals surface area contributed by atoms with Crippen molar-refractivity contribution in [3.8, 4) is 0 Å². The molecule has 4 heavy (non-hydrogen) atoms. The van der Waals surface area contributed by atoms with Crippen LogP contribution in [-0.2, 0) is 0 Å². The van der Waals surface area contributed by atoms with Crippen LogP contribution in [0.25, 0.3) is 0 Å². The number of hydrogen-bond donors (Lipinski definition) is 0. The third-order valence-electron chi connectivity index (χ3n) is 0.0556. The van der Waals surface area contributed by atoms with E-state index in [-0.39, 0.29) is 0 Å². The van der Waals surface area contributed by atoms with Gasteiger partial charge in [-0.05, 0) is 0 Å². The second kappa shape index (κ2) is 3.57. The Morgan fingerprint density at radius 3 is 1.25 bits per heavy atom. The van der Waals surface area contributed by atoms with Gasteiger partial charge in [-0.1, -0.05) is 0 Å². The Labute approximate surface area is 36.8 Å². The van der Waals surface area contributed by atoms with Crippen LogP contribution in [0.3, 0.4) is 0 Å². The molecule has 0 aliphatic rings. The van der Waals surface area contributed by atoms with Gasteiger partial charge in [0.1, 0.15) is 0 Å². The summed E-state index contributed by atoms with van der Waals surface area (Å²) in [5, 5.41) is 0. The molecule has 0 amide bonds. The Morgan fingerprint density at radius 2 is 1.25 bits per heavy atom. The summed E-state index contributed by atoms with van der Waals surface area (Å²) in [5.41, 5.74) is 0. The van der Waals surface area contributed by atoms with E-state index in [0.717, 1.165) is 0 Å². The van der Waals surface area contributed by atoms with E-state index in [1.165, 1.54) is 12.1 Å². The second-order valence-electron chi connectivity index (χ2n) is 0.272. The summed E-state index contributed by atoms with van der Waals surface area (Å²) in [7, 11) is 0. The zero-order valence-corrected chi connectivity index (χ0v) is 3.60. The van der Waals surface area contributed by atoms with Crippen LogP contribution in [0.5, 0.6) is 0 Å². The molecule has 0 nitrogen and oxygen atoms in total. The standard InChI is InChI=1S/B2S2/c3-1-2-4. The topological polar surface area (TPSA) is 0 Å².